The molecule has 0 aliphatic carbocycles. The SMILES string of the molecule is CC(Oc1cc(Cl)c(Cl)cc1Cl)C([O-])=C1C(=O)OC(C)(C)OC1=O. The van der Waals surface area contributed by atoms with Gasteiger partial charge >= 0.3 is 11.9 Å². The fourth-order valence-corrected chi connectivity index (χ4v) is 2.48. The van der Waals surface area contributed by atoms with Crippen molar-refractivity contribution in [2.75, 3.05) is 0 Å². The molecule has 1 unspecified atom stereocenters. The van der Waals surface area contributed by atoms with E-state index in [9.17, 15) is 14.7 Å². The van der Waals surface area contributed by atoms with Gasteiger partial charge in [-0.1, -0.05) is 40.6 Å². The number of benzene rings is 1. The number of carbonyl (C=O) groups excluding carboxylic acids is 2. The van der Waals surface area contributed by atoms with Crippen molar-refractivity contribution in [2.24, 2.45) is 0 Å². The van der Waals surface area contributed by atoms with Gasteiger partial charge in [-0.3, -0.25) is 0 Å². The predicted octanol–water partition coefficient (Wildman–Crippen LogP) is 2.86. The fraction of sp³-hybridized carbons (Fsp3) is 0.333. The number of hydrogen-bond acceptors (Lipinski definition) is 6. The van der Waals surface area contributed by atoms with Crippen LogP contribution < -0.4 is 9.84 Å². The molecule has 1 aromatic carbocycles. The van der Waals surface area contributed by atoms with Crippen LogP contribution in [0.1, 0.15) is 20.8 Å². The maximum Gasteiger partial charge on any atom is 0.348 e. The van der Waals surface area contributed by atoms with Gasteiger partial charge in [-0.25, -0.2) is 9.59 Å². The number of halogens is 3. The van der Waals surface area contributed by atoms with E-state index in [1.807, 2.05) is 0 Å². The van der Waals surface area contributed by atoms with E-state index in [2.05, 4.69) is 0 Å². The van der Waals surface area contributed by atoms with Crippen LogP contribution in [0.4, 0.5) is 0 Å². The van der Waals surface area contributed by atoms with Gasteiger partial charge in [-0.15, -0.1) is 0 Å². The van der Waals surface area contributed by atoms with Gasteiger partial charge in [0.25, 0.3) is 5.79 Å². The first-order chi connectivity index (χ1) is 11.0. The summed E-state index contributed by atoms with van der Waals surface area (Å²) in [5.74, 6) is -4.41. The Morgan fingerprint density at radius 2 is 1.58 bits per heavy atom. The van der Waals surface area contributed by atoms with Crippen molar-refractivity contribution in [3.8, 4) is 5.75 Å². The molecule has 1 aliphatic heterocycles. The van der Waals surface area contributed by atoms with Crippen LogP contribution in [-0.4, -0.2) is 23.8 Å². The van der Waals surface area contributed by atoms with Gasteiger partial charge in [-0.05, 0) is 13.0 Å². The molecule has 130 valence electrons. The number of ether oxygens (including phenoxy) is 3. The molecular weight excluding hydrogens is 383 g/mol. The Kier molecular flexibility index (Phi) is 5.22. The van der Waals surface area contributed by atoms with E-state index < -0.39 is 35.2 Å². The van der Waals surface area contributed by atoms with Gasteiger partial charge in [0.15, 0.2) is 0 Å². The summed E-state index contributed by atoms with van der Waals surface area (Å²) in [5.41, 5.74) is -0.752. The van der Waals surface area contributed by atoms with E-state index >= 15 is 0 Å². The van der Waals surface area contributed by atoms with Crippen molar-refractivity contribution < 1.29 is 28.9 Å². The van der Waals surface area contributed by atoms with Gasteiger partial charge in [-0.2, -0.15) is 0 Å². The molecule has 0 spiro atoms. The maximum absolute atomic E-state index is 12.3. The number of cyclic esters (lactones) is 2. The molecule has 0 radical (unpaired) electrons. The Hall–Kier alpha value is -1.63. The molecule has 0 amide bonds. The molecule has 1 fully saturated rings. The lowest BCUT2D eigenvalue weighted by atomic mass is 10.1. The van der Waals surface area contributed by atoms with Crippen LogP contribution in [-0.2, 0) is 19.1 Å². The minimum absolute atomic E-state index is 0.0744. The molecule has 0 saturated carbocycles. The average Bonchev–Trinajstić information content (AvgIpc) is 2.42. The van der Waals surface area contributed by atoms with Gasteiger partial charge in [0, 0.05) is 19.9 Å². The Morgan fingerprint density at radius 3 is 2.12 bits per heavy atom. The maximum atomic E-state index is 12.3. The molecule has 0 aromatic heterocycles. The van der Waals surface area contributed by atoms with Crippen LogP contribution >= 0.6 is 34.8 Å². The highest BCUT2D eigenvalue weighted by atomic mass is 35.5. The van der Waals surface area contributed by atoms with E-state index in [4.69, 9.17) is 49.0 Å². The fourth-order valence-electron chi connectivity index (χ4n) is 1.90. The van der Waals surface area contributed by atoms with E-state index in [1.165, 1.54) is 32.9 Å². The second-order valence-corrected chi connectivity index (χ2v) is 6.60. The van der Waals surface area contributed by atoms with Gasteiger partial charge in [0.2, 0.25) is 0 Å². The van der Waals surface area contributed by atoms with Gasteiger partial charge < -0.3 is 19.3 Å². The molecule has 1 saturated heterocycles. The van der Waals surface area contributed by atoms with Gasteiger partial charge in [0.1, 0.15) is 17.4 Å². The van der Waals surface area contributed by atoms with Crippen molar-refractivity contribution in [2.45, 2.75) is 32.7 Å². The molecule has 1 heterocycles. The van der Waals surface area contributed by atoms with Crippen LogP contribution in [0.3, 0.4) is 0 Å². The summed E-state index contributed by atoms with van der Waals surface area (Å²) < 4.78 is 15.1. The molecule has 24 heavy (non-hydrogen) atoms. The van der Waals surface area contributed by atoms with E-state index in [0.717, 1.165) is 0 Å². The molecular formula is C15H12Cl3O6-. The molecule has 0 bridgehead atoms. The lowest BCUT2D eigenvalue weighted by Crippen LogP contribution is -2.44. The van der Waals surface area contributed by atoms with Crippen molar-refractivity contribution in [3.05, 3.63) is 38.5 Å². The molecule has 6 nitrogen and oxygen atoms in total. The first kappa shape index (κ1) is 18.7. The van der Waals surface area contributed by atoms with Gasteiger partial charge in [0.05, 0.1) is 15.1 Å². The number of hydrogen-bond donors (Lipinski definition) is 0. The van der Waals surface area contributed by atoms with E-state index in [0.29, 0.717) is 0 Å². The van der Waals surface area contributed by atoms with Crippen LogP contribution in [0.2, 0.25) is 15.1 Å². The lowest BCUT2D eigenvalue weighted by Gasteiger charge is -2.33. The van der Waals surface area contributed by atoms with Crippen molar-refractivity contribution in [3.63, 3.8) is 0 Å². The second-order valence-electron chi connectivity index (χ2n) is 5.37. The normalized spacial score (nSPS) is 17.8. The largest absolute Gasteiger partial charge is 0.872 e. The zero-order valence-electron chi connectivity index (χ0n) is 12.8. The molecule has 2 rings (SSSR count). The summed E-state index contributed by atoms with van der Waals surface area (Å²) in [6.07, 6.45) is -1.21. The summed E-state index contributed by atoms with van der Waals surface area (Å²) in [6, 6.07) is 2.66. The molecule has 9 heteroatoms. The zero-order chi connectivity index (χ0) is 18.2. The zero-order valence-corrected chi connectivity index (χ0v) is 15.1. The first-order valence-electron chi connectivity index (χ1n) is 6.71. The topological polar surface area (TPSA) is 84.9 Å². The van der Waals surface area contributed by atoms with E-state index in [-0.39, 0.29) is 20.8 Å². The predicted molar refractivity (Wildman–Crippen MR) is 84.9 cm³/mol. The number of esters is 2. The molecule has 0 N–H and O–H groups in total. The Labute approximate surface area is 152 Å². The monoisotopic (exact) mass is 393 g/mol. The molecule has 1 aromatic rings. The summed E-state index contributed by atoms with van der Waals surface area (Å²) in [4.78, 5) is 23.8. The summed E-state index contributed by atoms with van der Waals surface area (Å²) in [6.45, 7) is 4.09. The van der Waals surface area contributed by atoms with E-state index in [1.54, 1.807) is 0 Å². The third-order valence-corrected chi connectivity index (χ3v) is 4.00. The Balaban J connectivity index is 2.29. The highest BCUT2D eigenvalue weighted by molar-refractivity contribution is 6.43. The van der Waals surface area contributed by atoms with Crippen LogP contribution in [0, 0.1) is 0 Å². The minimum atomic E-state index is -1.44. The average molecular weight is 395 g/mol. The Morgan fingerprint density at radius 1 is 1.08 bits per heavy atom. The number of rotatable bonds is 3. The summed E-state index contributed by atoms with van der Waals surface area (Å²) in [7, 11) is 0. The highest BCUT2D eigenvalue weighted by Gasteiger charge is 2.39. The smallest absolute Gasteiger partial charge is 0.348 e. The van der Waals surface area contributed by atoms with Crippen LogP contribution in [0.5, 0.6) is 5.75 Å². The highest BCUT2D eigenvalue weighted by Crippen LogP contribution is 2.35. The second kappa shape index (κ2) is 6.70. The van der Waals surface area contributed by atoms with Crippen molar-refractivity contribution in [1.29, 1.82) is 0 Å². The number of carbonyl (C=O) groups is 2. The third kappa shape index (κ3) is 3.88. The van der Waals surface area contributed by atoms with Crippen LogP contribution in [0.25, 0.3) is 0 Å². The van der Waals surface area contributed by atoms with Crippen LogP contribution in [0.15, 0.2) is 23.5 Å². The summed E-state index contributed by atoms with van der Waals surface area (Å²) in [5, 5.41) is 12.8. The standard InChI is InChI=1S/C15H13Cl3O6/c1-6(22-10-5-8(17)7(16)4-9(10)18)12(19)11-13(20)23-15(2,3)24-14(11)21/h4-6,19H,1-3H3/p-1. The first-order valence-corrected chi connectivity index (χ1v) is 7.84. The minimum Gasteiger partial charge on any atom is -0.872 e. The third-order valence-electron chi connectivity index (χ3n) is 2.98. The quantitative estimate of drug-likeness (QED) is 0.258. The lowest BCUT2D eigenvalue weighted by molar-refractivity contribution is -0.319. The molecule has 1 atom stereocenters. The Bertz CT molecular complexity index is 719. The van der Waals surface area contributed by atoms with Crippen molar-refractivity contribution in [1.82, 2.24) is 0 Å². The van der Waals surface area contributed by atoms with Crippen molar-refractivity contribution >= 4 is 46.7 Å². The summed E-state index contributed by atoms with van der Waals surface area (Å²) >= 11 is 17.6. The molecule has 1 aliphatic rings.